The van der Waals surface area contributed by atoms with E-state index < -0.39 is 5.82 Å². The molecule has 2 aromatic rings. The van der Waals surface area contributed by atoms with Crippen molar-refractivity contribution in [3.8, 4) is 0 Å². The number of rotatable bonds is 4. The highest BCUT2D eigenvalue weighted by atomic mass is 19.1. The first-order valence-electron chi connectivity index (χ1n) is 8.31. The van der Waals surface area contributed by atoms with E-state index in [0.717, 1.165) is 6.07 Å². The third-order valence-corrected chi connectivity index (χ3v) is 4.93. The molecule has 3 nitrogen and oxygen atoms in total. The fourth-order valence-electron chi connectivity index (χ4n) is 3.53. The standard InChI is InChI=1S/C19H21FO3/c1-12(13-5-3-2-4-6-13)9-17(22)19-11-16(21)15-10-14(20)7-8-18(15)23-19/h7-8,10-13H,2-6,9H2,1H3/t12-/m0/s1. The maximum Gasteiger partial charge on any atom is 0.198 e. The molecule has 4 heteroatoms. The number of benzene rings is 1. The van der Waals surface area contributed by atoms with Crippen LogP contribution in [0.15, 0.2) is 33.5 Å². The zero-order valence-electron chi connectivity index (χ0n) is 13.3. The molecule has 23 heavy (non-hydrogen) atoms. The summed E-state index contributed by atoms with van der Waals surface area (Å²) in [5.74, 6) is 0.309. The van der Waals surface area contributed by atoms with Gasteiger partial charge in [-0.1, -0.05) is 39.0 Å². The fourth-order valence-corrected chi connectivity index (χ4v) is 3.53. The van der Waals surface area contributed by atoms with Gasteiger partial charge in [0.15, 0.2) is 17.0 Å². The SMILES string of the molecule is C[C@@H](CC(=O)c1cc(=O)c2cc(F)ccc2o1)C1CCCCC1. The van der Waals surface area contributed by atoms with Crippen LogP contribution in [0, 0.1) is 17.7 Å². The topological polar surface area (TPSA) is 47.3 Å². The molecular weight excluding hydrogens is 295 g/mol. The molecule has 1 aromatic carbocycles. The predicted octanol–water partition coefficient (Wildman–Crippen LogP) is 4.72. The molecule has 122 valence electrons. The van der Waals surface area contributed by atoms with Crippen molar-refractivity contribution < 1.29 is 13.6 Å². The van der Waals surface area contributed by atoms with Crippen LogP contribution in [-0.2, 0) is 0 Å². The molecule has 0 N–H and O–H groups in total. The molecule has 1 saturated carbocycles. The highest BCUT2D eigenvalue weighted by molar-refractivity contribution is 5.95. The van der Waals surface area contributed by atoms with Crippen LogP contribution < -0.4 is 5.43 Å². The minimum atomic E-state index is -0.491. The van der Waals surface area contributed by atoms with Gasteiger partial charge >= 0.3 is 0 Å². The number of fused-ring (bicyclic) bond motifs is 1. The zero-order chi connectivity index (χ0) is 16.4. The van der Waals surface area contributed by atoms with E-state index in [0.29, 0.717) is 12.3 Å². The summed E-state index contributed by atoms with van der Waals surface area (Å²) in [6.07, 6.45) is 6.50. The van der Waals surface area contributed by atoms with E-state index in [9.17, 15) is 14.0 Å². The summed E-state index contributed by atoms with van der Waals surface area (Å²) in [4.78, 5) is 24.5. The Balaban J connectivity index is 1.80. The molecule has 0 saturated heterocycles. The van der Waals surface area contributed by atoms with E-state index >= 15 is 0 Å². The van der Waals surface area contributed by atoms with Crippen LogP contribution >= 0.6 is 0 Å². The van der Waals surface area contributed by atoms with Gasteiger partial charge in [0.2, 0.25) is 0 Å². The highest BCUT2D eigenvalue weighted by Gasteiger charge is 2.24. The normalized spacial score (nSPS) is 17.3. The van der Waals surface area contributed by atoms with Crippen molar-refractivity contribution in [1.82, 2.24) is 0 Å². The summed E-state index contributed by atoms with van der Waals surface area (Å²) in [6, 6.07) is 4.95. The summed E-state index contributed by atoms with van der Waals surface area (Å²) >= 11 is 0. The number of halogens is 1. The summed E-state index contributed by atoms with van der Waals surface area (Å²) in [6.45, 7) is 2.10. The third kappa shape index (κ3) is 3.52. The van der Waals surface area contributed by atoms with Crippen LogP contribution in [0.2, 0.25) is 0 Å². The van der Waals surface area contributed by atoms with Crippen molar-refractivity contribution in [2.45, 2.75) is 45.4 Å². The minimum Gasteiger partial charge on any atom is -0.453 e. The Labute approximate surface area is 134 Å². The molecular formula is C19H21FO3. The van der Waals surface area contributed by atoms with E-state index in [2.05, 4.69) is 6.92 Å². The second-order valence-electron chi connectivity index (χ2n) is 6.62. The van der Waals surface area contributed by atoms with Crippen LogP contribution in [0.1, 0.15) is 56.0 Å². The molecule has 0 spiro atoms. The maximum atomic E-state index is 13.2. The van der Waals surface area contributed by atoms with Gasteiger partial charge in [0.25, 0.3) is 0 Å². The van der Waals surface area contributed by atoms with Crippen molar-refractivity contribution in [2.24, 2.45) is 11.8 Å². The van der Waals surface area contributed by atoms with E-state index in [1.165, 1.54) is 50.3 Å². The van der Waals surface area contributed by atoms with Gasteiger partial charge in [-0.25, -0.2) is 4.39 Å². The number of hydrogen-bond donors (Lipinski definition) is 0. The van der Waals surface area contributed by atoms with Gasteiger partial charge in [-0.05, 0) is 30.0 Å². The van der Waals surface area contributed by atoms with Crippen molar-refractivity contribution in [3.63, 3.8) is 0 Å². The molecule has 0 radical (unpaired) electrons. The Morgan fingerprint density at radius 3 is 2.74 bits per heavy atom. The van der Waals surface area contributed by atoms with E-state index in [4.69, 9.17) is 4.42 Å². The lowest BCUT2D eigenvalue weighted by Gasteiger charge is -2.27. The van der Waals surface area contributed by atoms with Crippen LogP contribution in [0.25, 0.3) is 11.0 Å². The molecule has 0 amide bonds. The van der Waals surface area contributed by atoms with Crippen molar-refractivity contribution >= 4 is 16.8 Å². The first-order valence-corrected chi connectivity index (χ1v) is 8.31. The van der Waals surface area contributed by atoms with Crippen LogP contribution in [-0.4, -0.2) is 5.78 Å². The molecule has 3 rings (SSSR count). The molecule has 1 aromatic heterocycles. The smallest absolute Gasteiger partial charge is 0.198 e. The predicted molar refractivity (Wildman–Crippen MR) is 87.1 cm³/mol. The Hall–Kier alpha value is -1.97. The summed E-state index contributed by atoms with van der Waals surface area (Å²) in [5, 5.41) is 0.168. The Morgan fingerprint density at radius 2 is 2.00 bits per heavy atom. The number of carbonyl (C=O) groups excluding carboxylic acids is 1. The molecule has 1 atom stereocenters. The van der Waals surface area contributed by atoms with Crippen molar-refractivity contribution in [1.29, 1.82) is 0 Å². The van der Waals surface area contributed by atoms with Crippen LogP contribution in [0.4, 0.5) is 4.39 Å². The summed E-state index contributed by atoms with van der Waals surface area (Å²) in [7, 11) is 0. The number of hydrogen-bond acceptors (Lipinski definition) is 3. The molecule has 1 heterocycles. The quantitative estimate of drug-likeness (QED) is 0.767. The Morgan fingerprint density at radius 1 is 1.26 bits per heavy atom. The second kappa shape index (κ2) is 6.65. The second-order valence-corrected chi connectivity index (χ2v) is 6.62. The molecule has 0 unspecified atom stereocenters. The Bertz CT molecular complexity index is 772. The van der Waals surface area contributed by atoms with E-state index in [1.807, 2.05) is 0 Å². The molecule has 1 aliphatic rings. The highest BCUT2D eigenvalue weighted by Crippen LogP contribution is 2.32. The third-order valence-electron chi connectivity index (χ3n) is 4.93. The van der Waals surface area contributed by atoms with E-state index in [-0.39, 0.29) is 33.9 Å². The van der Waals surface area contributed by atoms with Crippen LogP contribution in [0.3, 0.4) is 0 Å². The average Bonchev–Trinajstić information content (AvgIpc) is 2.56. The fraction of sp³-hybridized carbons (Fsp3) is 0.474. The molecule has 1 aliphatic carbocycles. The van der Waals surface area contributed by atoms with Crippen molar-refractivity contribution in [2.75, 3.05) is 0 Å². The lowest BCUT2D eigenvalue weighted by molar-refractivity contribution is 0.0912. The Kier molecular flexibility index (Phi) is 4.60. The van der Waals surface area contributed by atoms with Crippen molar-refractivity contribution in [3.05, 3.63) is 46.1 Å². The van der Waals surface area contributed by atoms with E-state index in [1.54, 1.807) is 0 Å². The number of ketones is 1. The monoisotopic (exact) mass is 316 g/mol. The number of carbonyl (C=O) groups is 1. The van der Waals surface area contributed by atoms with Gasteiger partial charge in [-0.2, -0.15) is 0 Å². The van der Waals surface area contributed by atoms with Gasteiger partial charge in [0.05, 0.1) is 5.39 Å². The zero-order valence-corrected chi connectivity index (χ0v) is 13.3. The van der Waals surface area contributed by atoms with Crippen LogP contribution in [0.5, 0.6) is 0 Å². The van der Waals surface area contributed by atoms with Gasteiger partial charge in [-0.3, -0.25) is 9.59 Å². The summed E-state index contributed by atoms with van der Waals surface area (Å²) < 4.78 is 18.7. The first kappa shape index (κ1) is 15.9. The molecule has 0 bridgehead atoms. The minimum absolute atomic E-state index is 0.0803. The number of Topliss-reactive ketones (excluding diaryl/α,β-unsaturated/α-hetero) is 1. The maximum absolute atomic E-state index is 13.2. The molecule has 0 aliphatic heterocycles. The van der Waals surface area contributed by atoms with Gasteiger partial charge in [0.1, 0.15) is 11.4 Å². The van der Waals surface area contributed by atoms with Gasteiger partial charge in [-0.15, -0.1) is 0 Å². The largest absolute Gasteiger partial charge is 0.453 e. The lowest BCUT2D eigenvalue weighted by atomic mass is 9.79. The average molecular weight is 316 g/mol. The molecule has 1 fully saturated rings. The lowest BCUT2D eigenvalue weighted by Crippen LogP contribution is -2.19. The first-order chi connectivity index (χ1) is 11.0. The van der Waals surface area contributed by atoms with Gasteiger partial charge < -0.3 is 4.42 Å². The summed E-state index contributed by atoms with van der Waals surface area (Å²) in [5.41, 5.74) is -0.119. The van der Waals surface area contributed by atoms with Gasteiger partial charge in [0, 0.05) is 12.5 Å².